The van der Waals surface area contributed by atoms with Crippen molar-refractivity contribution in [2.75, 3.05) is 26.9 Å². The molecule has 2 nitrogen and oxygen atoms in total. The smallest absolute Gasteiger partial charge is 0.0987 e. The van der Waals surface area contributed by atoms with Gasteiger partial charge >= 0.3 is 0 Å². The van der Waals surface area contributed by atoms with Crippen LogP contribution >= 0.6 is 0 Å². The molecule has 0 aliphatic carbocycles. The molecule has 0 saturated carbocycles. The molecular weight excluding hydrogens is 258 g/mol. The van der Waals surface area contributed by atoms with E-state index in [1.165, 1.54) is 11.1 Å². The van der Waals surface area contributed by atoms with Gasteiger partial charge in [-0.25, -0.2) is 0 Å². The molecule has 0 spiro atoms. The minimum absolute atomic E-state index is 0.441. The van der Waals surface area contributed by atoms with Gasteiger partial charge < -0.3 is 4.74 Å². The molecule has 0 aliphatic heterocycles. The Kier molecular flexibility index (Phi) is 6.45. The van der Waals surface area contributed by atoms with Crippen LogP contribution in [0, 0.1) is 0 Å². The number of rotatable bonds is 8. The number of nitrogens with zero attached hydrogens (tertiary/aromatic N) is 1. The second kappa shape index (κ2) is 8.60. The van der Waals surface area contributed by atoms with Crippen molar-refractivity contribution < 1.29 is 4.74 Å². The van der Waals surface area contributed by atoms with Crippen molar-refractivity contribution in [2.45, 2.75) is 19.3 Å². The van der Waals surface area contributed by atoms with Crippen LogP contribution in [0.5, 0.6) is 0 Å². The summed E-state index contributed by atoms with van der Waals surface area (Å²) in [5, 5.41) is 0. The van der Waals surface area contributed by atoms with Crippen LogP contribution in [0.1, 0.15) is 30.4 Å². The molecule has 0 heterocycles. The van der Waals surface area contributed by atoms with E-state index >= 15 is 0 Å². The van der Waals surface area contributed by atoms with Gasteiger partial charge in [0.15, 0.2) is 0 Å². The lowest BCUT2D eigenvalue weighted by Gasteiger charge is -2.22. The van der Waals surface area contributed by atoms with Crippen molar-refractivity contribution in [3.8, 4) is 0 Å². The Labute approximate surface area is 128 Å². The average molecular weight is 283 g/mol. The molecule has 2 aromatic rings. The van der Waals surface area contributed by atoms with Crippen molar-refractivity contribution in [3.63, 3.8) is 0 Å². The minimum atomic E-state index is 0.441. The average Bonchev–Trinajstić information content (AvgIpc) is 2.55. The van der Waals surface area contributed by atoms with Crippen molar-refractivity contribution in [1.29, 1.82) is 0 Å². The molecular formula is C19H25NO. The van der Waals surface area contributed by atoms with E-state index in [-0.39, 0.29) is 0 Å². The van der Waals surface area contributed by atoms with Crippen molar-refractivity contribution in [3.05, 3.63) is 71.8 Å². The summed E-state index contributed by atoms with van der Waals surface area (Å²) >= 11 is 0. The highest BCUT2D eigenvalue weighted by atomic mass is 16.5. The van der Waals surface area contributed by atoms with Gasteiger partial charge in [-0.15, -0.1) is 0 Å². The lowest BCUT2D eigenvalue weighted by molar-refractivity contribution is 0.0497. The van der Waals surface area contributed by atoms with E-state index in [0.717, 1.165) is 19.6 Å². The van der Waals surface area contributed by atoms with Crippen molar-refractivity contribution in [1.82, 2.24) is 4.90 Å². The zero-order valence-corrected chi connectivity index (χ0v) is 13.0. The summed E-state index contributed by atoms with van der Waals surface area (Å²) in [5.41, 5.74) is 2.77. The Balaban J connectivity index is 2.07. The second-order valence-corrected chi connectivity index (χ2v) is 5.36. The molecule has 0 radical (unpaired) electrons. The molecule has 0 aromatic heterocycles. The molecule has 0 unspecified atom stereocenters. The first kappa shape index (κ1) is 15.7. The largest absolute Gasteiger partial charge is 0.366 e. The van der Waals surface area contributed by atoms with Crippen molar-refractivity contribution >= 4 is 0 Å². The number of benzene rings is 2. The van der Waals surface area contributed by atoms with E-state index in [0.29, 0.717) is 12.6 Å². The summed E-state index contributed by atoms with van der Waals surface area (Å²) in [6.45, 7) is 4.52. The lowest BCUT2D eigenvalue weighted by Crippen LogP contribution is -2.24. The van der Waals surface area contributed by atoms with Crippen molar-refractivity contribution in [2.24, 2.45) is 0 Å². The highest BCUT2D eigenvalue weighted by Crippen LogP contribution is 2.27. The van der Waals surface area contributed by atoms with Gasteiger partial charge in [-0.05, 0) is 31.5 Å². The molecule has 0 fully saturated rings. The van der Waals surface area contributed by atoms with Gasteiger partial charge in [0.25, 0.3) is 0 Å². The molecule has 0 N–H and O–H groups in total. The molecule has 0 amide bonds. The standard InChI is InChI=1S/C19H25NO/c1-3-21-16-20(2)15-14-19(17-10-6-4-7-11-17)18-12-8-5-9-13-18/h4-13,19H,3,14-16H2,1-2H3. The summed E-state index contributed by atoms with van der Waals surface area (Å²) in [5.74, 6) is 0.441. The molecule has 2 heteroatoms. The molecule has 0 atom stereocenters. The van der Waals surface area contributed by atoms with Crippen LogP contribution in [-0.4, -0.2) is 31.8 Å². The third-order valence-corrected chi connectivity index (χ3v) is 3.72. The van der Waals surface area contributed by atoms with Crippen LogP contribution in [0.4, 0.5) is 0 Å². The topological polar surface area (TPSA) is 12.5 Å². The summed E-state index contributed by atoms with van der Waals surface area (Å²) in [6, 6.07) is 21.5. The highest BCUT2D eigenvalue weighted by Gasteiger charge is 2.14. The van der Waals surface area contributed by atoms with Gasteiger partial charge in [-0.2, -0.15) is 0 Å². The van der Waals surface area contributed by atoms with E-state index in [2.05, 4.69) is 72.6 Å². The first-order chi connectivity index (χ1) is 10.3. The summed E-state index contributed by atoms with van der Waals surface area (Å²) in [7, 11) is 2.11. The first-order valence-corrected chi connectivity index (χ1v) is 7.67. The fraction of sp³-hybridized carbons (Fsp3) is 0.368. The lowest BCUT2D eigenvalue weighted by atomic mass is 9.88. The molecule has 112 valence electrons. The maximum Gasteiger partial charge on any atom is 0.0987 e. The van der Waals surface area contributed by atoms with Crippen LogP contribution in [0.25, 0.3) is 0 Å². The van der Waals surface area contributed by atoms with Gasteiger partial charge in [0, 0.05) is 19.1 Å². The third kappa shape index (κ3) is 5.00. The van der Waals surface area contributed by atoms with Crippen LogP contribution < -0.4 is 0 Å². The predicted molar refractivity (Wildman–Crippen MR) is 88.5 cm³/mol. The molecule has 2 rings (SSSR count). The Bertz CT molecular complexity index is 458. The van der Waals surface area contributed by atoms with Gasteiger partial charge in [0.2, 0.25) is 0 Å². The Morgan fingerprint density at radius 2 is 1.43 bits per heavy atom. The van der Waals surface area contributed by atoms with E-state index in [1.807, 2.05) is 6.92 Å². The molecule has 21 heavy (non-hydrogen) atoms. The zero-order chi connectivity index (χ0) is 14.9. The van der Waals surface area contributed by atoms with Crippen LogP contribution in [0.2, 0.25) is 0 Å². The van der Waals surface area contributed by atoms with E-state index in [9.17, 15) is 0 Å². The maximum atomic E-state index is 5.46. The van der Waals surface area contributed by atoms with Gasteiger partial charge in [0.05, 0.1) is 6.73 Å². The van der Waals surface area contributed by atoms with Crippen LogP contribution in [-0.2, 0) is 4.74 Å². The second-order valence-electron chi connectivity index (χ2n) is 5.36. The maximum absolute atomic E-state index is 5.46. The first-order valence-electron chi connectivity index (χ1n) is 7.67. The van der Waals surface area contributed by atoms with Gasteiger partial charge in [0.1, 0.15) is 0 Å². The SMILES string of the molecule is CCOCN(C)CCC(c1ccccc1)c1ccccc1. The normalized spacial score (nSPS) is 11.2. The number of hydrogen-bond donors (Lipinski definition) is 0. The predicted octanol–water partition coefficient (Wildman–Crippen LogP) is 4.13. The van der Waals surface area contributed by atoms with Gasteiger partial charge in [-0.1, -0.05) is 60.7 Å². The van der Waals surface area contributed by atoms with Gasteiger partial charge in [-0.3, -0.25) is 4.90 Å². The number of ether oxygens (including phenoxy) is 1. The van der Waals surface area contributed by atoms with Crippen LogP contribution in [0.3, 0.4) is 0 Å². The molecule has 0 bridgehead atoms. The zero-order valence-electron chi connectivity index (χ0n) is 13.0. The summed E-state index contributed by atoms with van der Waals surface area (Å²) < 4.78 is 5.46. The Morgan fingerprint density at radius 1 is 0.905 bits per heavy atom. The molecule has 0 saturated heterocycles. The quantitative estimate of drug-likeness (QED) is 0.675. The molecule has 0 aliphatic rings. The molecule has 2 aromatic carbocycles. The Morgan fingerprint density at radius 3 is 1.90 bits per heavy atom. The fourth-order valence-electron chi connectivity index (χ4n) is 2.56. The Hall–Kier alpha value is -1.64. The third-order valence-electron chi connectivity index (χ3n) is 3.72. The monoisotopic (exact) mass is 283 g/mol. The van der Waals surface area contributed by atoms with Crippen LogP contribution in [0.15, 0.2) is 60.7 Å². The number of hydrogen-bond acceptors (Lipinski definition) is 2. The van der Waals surface area contributed by atoms with E-state index in [1.54, 1.807) is 0 Å². The van der Waals surface area contributed by atoms with E-state index in [4.69, 9.17) is 4.74 Å². The fourth-order valence-corrected chi connectivity index (χ4v) is 2.56. The summed E-state index contributed by atoms with van der Waals surface area (Å²) in [6.07, 6.45) is 1.09. The minimum Gasteiger partial charge on any atom is -0.366 e. The highest BCUT2D eigenvalue weighted by molar-refractivity contribution is 5.32. The summed E-state index contributed by atoms with van der Waals surface area (Å²) in [4.78, 5) is 2.24. The van der Waals surface area contributed by atoms with E-state index < -0.39 is 0 Å².